The van der Waals surface area contributed by atoms with Crippen LogP contribution in [0.3, 0.4) is 0 Å². The van der Waals surface area contributed by atoms with Crippen molar-refractivity contribution in [1.82, 2.24) is 5.32 Å². The van der Waals surface area contributed by atoms with Crippen LogP contribution in [0.25, 0.3) is 0 Å². The van der Waals surface area contributed by atoms with E-state index in [1.807, 2.05) is 0 Å². The van der Waals surface area contributed by atoms with Crippen LogP contribution in [0.4, 0.5) is 13.2 Å². The maximum atomic E-state index is 13.6. The fourth-order valence-electron chi connectivity index (χ4n) is 3.07. The number of hydrogen-bond donors (Lipinski definition) is 1. The van der Waals surface area contributed by atoms with Crippen LogP contribution in [0.2, 0.25) is 5.02 Å². The second-order valence-electron chi connectivity index (χ2n) is 5.55. The summed E-state index contributed by atoms with van der Waals surface area (Å²) in [5.41, 5.74) is 0.353. The highest BCUT2D eigenvalue weighted by molar-refractivity contribution is 6.30. The number of ether oxygens (including phenoxy) is 2. The highest BCUT2D eigenvalue weighted by Gasteiger charge is 2.62. The standard InChI is InChI=1S/C16H17ClF3NO4/c1-3-25-14(22)10-11(16(18,19)20)13(15(23)24-2)21-12(10)8-5-4-6-9(17)7-8/h4-7,10-13,21H,3H2,1-2H3/t10-,11+,12+,13+/m0/s1. The van der Waals surface area contributed by atoms with Gasteiger partial charge in [0, 0.05) is 11.1 Å². The predicted octanol–water partition coefficient (Wildman–Crippen LogP) is 2.88. The third-order valence-electron chi connectivity index (χ3n) is 4.06. The van der Waals surface area contributed by atoms with Gasteiger partial charge in [0.25, 0.3) is 0 Å². The summed E-state index contributed by atoms with van der Waals surface area (Å²) in [5.74, 6) is -6.04. The molecular formula is C16H17ClF3NO4. The maximum absolute atomic E-state index is 13.6. The summed E-state index contributed by atoms with van der Waals surface area (Å²) in [6.07, 6.45) is -4.81. The number of halogens is 4. The van der Waals surface area contributed by atoms with Crippen LogP contribution in [0.15, 0.2) is 24.3 Å². The van der Waals surface area contributed by atoms with Gasteiger partial charge in [-0.25, -0.2) is 0 Å². The number of hydrogen-bond acceptors (Lipinski definition) is 5. The van der Waals surface area contributed by atoms with Crippen molar-refractivity contribution in [2.75, 3.05) is 13.7 Å². The number of alkyl halides is 3. The van der Waals surface area contributed by atoms with E-state index in [4.69, 9.17) is 16.3 Å². The second-order valence-corrected chi connectivity index (χ2v) is 5.98. The maximum Gasteiger partial charge on any atom is 0.394 e. The van der Waals surface area contributed by atoms with Crippen LogP contribution in [0, 0.1) is 11.8 Å². The van der Waals surface area contributed by atoms with Gasteiger partial charge in [0.1, 0.15) is 6.04 Å². The predicted molar refractivity (Wildman–Crippen MR) is 82.8 cm³/mol. The van der Waals surface area contributed by atoms with Crippen LogP contribution >= 0.6 is 11.6 Å². The molecule has 1 N–H and O–H groups in total. The Labute approximate surface area is 147 Å². The molecule has 0 unspecified atom stereocenters. The minimum absolute atomic E-state index is 0.0783. The highest BCUT2D eigenvalue weighted by atomic mass is 35.5. The fourth-order valence-corrected chi connectivity index (χ4v) is 3.27. The molecule has 0 aliphatic carbocycles. The van der Waals surface area contributed by atoms with Crippen molar-refractivity contribution in [2.45, 2.75) is 25.2 Å². The van der Waals surface area contributed by atoms with E-state index in [2.05, 4.69) is 10.1 Å². The summed E-state index contributed by atoms with van der Waals surface area (Å²) < 4.78 is 50.2. The molecule has 2 rings (SSSR count). The average Bonchev–Trinajstić information content (AvgIpc) is 2.95. The number of esters is 2. The lowest BCUT2D eigenvalue weighted by Gasteiger charge is -2.25. The Morgan fingerprint density at radius 1 is 1.28 bits per heavy atom. The van der Waals surface area contributed by atoms with Gasteiger partial charge >= 0.3 is 18.1 Å². The molecule has 1 aliphatic rings. The van der Waals surface area contributed by atoms with E-state index in [9.17, 15) is 22.8 Å². The molecule has 25 heavy (non-hydrogen) atoms. The summed E-state index contributed by atoms with van der Waals surface area (Å²) in [5, 5.41) is 2.88. The SMILES string of the molecule is CCOC(=O)[C@H]1[C@@H](C(F)(F)F)[C@H](C(=O)OC)N[C@@H]1c1cccc(Cl)c1. The van der Waals surface area contributed by atoms with E-state index < -0.39 is 42.0 Å². The van der Waals surface area contributed by atoms with Crippen LogP contribution in [-0.4, -0.2) is 37.9 Å². The highest BCUT2D eigenvalue weighted by Crippen LogP contribution is 2.47. The Balaban J connectivity index is 2.53. The number of methoxy groups -OCH3 is 1. The molecule has 1 aromatic carbocycles. The van der Waals surface area contributed by atoms with Gasteiger partial charge in [-0.1, -0.05) is 23.7 Å². The third-order valence-corrected chi connectivity index (χ3v) is 4.30. The number of carbonyl (C=O) groups excluding carboxylic acids is 2. The van der Waals surface area contributed by atoms with Crippen LogP contribution in [0.1, 0.15) is 18.5 Å². The summed E-state index contributed by atoms with van der Waals surface area (Å²) >= 11 is 5.91. The van der Waals surface area contributed by atoms with Crippen molar-refractivity contribution in [3.05, 3.63) is 34.9 Å². The van der Waals surface area contributed by atoms with Crippen molar-refractivity contribution >= 4 is 23.5 Å². The van der Waals surface area contributed by atoms with Crippen LogP contribution in [0.5, 0.6) is 0 Å². The van der Waals surface area contributed by atoms with E-state index in [0.717, 1.165) is 7.11 Å². The first-order valence-corrected chi connectivity index (χ1v) is 7.91. The molecule has 1 aliphatic heterocycles. The van der Waals surface area contributed by atoms with Crippen molar-refractivity contribution < 1.29 is 32.2 Å². The zero-order valence-corrected chi connectivity index (χ0v) is 14.2. The molecule has 1 heterocycles. The molecule has 0 radical (unpaired) electrons. The molecule has 0 bridgehead atoms. The van der Waals surface area contributed by atoms with Gasteiger partial charge < -0.3 is 9.47 Å². The minimum atomic E-state index is -4.81. The zero-order valence-electron chi connectivity index (χ0n) is 13.5. The Kier molecular flexibility index (Phi) is 5.95. The number of carbonyl (C=O) groups is 2. The van der Waals surface area contributed by atoms with Gasteiger partial charge in [-0.05, 0) is 24.6 Å². The van der Waals surface area contributed by atoms with E-state index in [-0.39, 0.29) is 6.61 Å². The van der Waals surface area contributed by atoms with Crippen LogP contribution < -0.4 is 5.32 Å². The van der Waals surface area contributed by atoms with Gasteiger partial charge in [-0.3, -0.25) is 14.9 Å². The lowest BCUT2D eigenvalue weighted by molar-refractivity contribution is -0.200. The molecule has 5 nitrogen and oxygen atoms in total. The molecule has 1 saturated heterocycles. The third kappa shape index (κ3) is 4.07. The van der Waals surface area contributed by atoms with Crippen molar-refractivity contribution in [2.24, 2.45) is 11.8 Å². The van der Waals surface area contributed by atoms with Gasteiger partial charge in [0.05, 0.1) is 25.6 Å². The lowest BCUT2D eigenvalue weighted by Crippen LogP contribution is -2.45. The zero-order chi connectivity index (χ0) is 18.8. The summed E-state index contributed by atoms with van der Waals surface area (Å²) in [7, 11) is 0.990. The van der Waals surface area contributed by atoms with Crippen molar-refractivity contribution in [3.8, 4) is 0 Å². The topological polar surface area (TPSA) is 64.6 Å². The summed E-state index contributed by atoms with van der Waals surface area (Å²) in [6.45, 7) is 1.42. The summed E-state index contributed by atoms with van der Waals surface area (Å²) in [6, 6.07) is 3.27. The number of nitrogens with one attached hydrogen (secondary N) is 1. The van der Waals surface area contributed by atoms with Gasteiger partial charge in [0.2, 0.25) is 0 Å². The van der Waals surface area contributed by atoms with Crippen molar-refractivity contribution in [1.29, 1.82) is 0 Å². The van der Waals surface area contributed by atoms with Gasteiger partial charge in [-0.2, -0.15) is 13.2 Å². The van der Waals surface area contributed by atoms with E-state index in [1.54, 1.807) is 12.1 Å². The smallest absolute Gasteiger partial charge is 0.394 e. The minimum Gasteiger partial charge on any atom is -0.468 e. The molecular weight excluding hydrogens is 363 g/mol. The molecule has 138 valence electrons. The number of rotatable bonds is 4. The quantitative estimate of drug-likeness (QED) is 0.815. The Morgan fingerprint density at radius 2 is 1.96 bits per heavy atom. The van der Waals surface area contributed by atoms with E-state index >= 15 is 0 Å². The van der Waals surface area contributed by atoms with E-state index in [0.29, 0.717) is 10.6 Å². The first kappa shape index (κ1) is 19.5. The molecule has 9 heteroatoms. The van der Waals surface area contributed by atoms with Gasteiger partial charge in [0.15, 0.2) is 0 Å². The van der Waals surface area contributed by atoms with E-state index in [1.165, 1.54) is 19.1 Å². The second kappa shape index (κ2) is 7.61. The Bertz CT molecular complexity index is 653. The van der Waals surface area contributed by atoms with Crippen LogP contribution in [-0.2, 0) is 19.1 Å². The Morgan fingerprint density at radius 3 is 2.48 bits per heavy atom. The molecule has 1 aromatic rings. The monoisotopic (exact) mass is 379 g/mol. The Hall–Kier alpha value is -1.80. The normalized spacial score (nSPS) is 26.3. The molecule has 0 spiro atoms. The summed E-state index contributed by atoms with van der Waals surface area (Å²) in [4.78, 5) is 24.2. The average molecular weight is 380 g/mol. The first-order chi connectivity index (χ1) is 11.7. The molecule has 0 aromatic heterocycles. The largest absolute Gasteiger partial charge is 0.468 e. The van der Waals surface area contributed by atoms with Crippen molar-refractivity contribution in [3.63, 3.8) is 0 Å². The molecule has 0 saturated carbocycles. The van der Waals surface area contributed by atoms with Gasteiger partial charge in [-0.15, -0.1) is 0 Å². The molecule has 4 atom stereocenters. The lowest BCUT2D eigenvalue weighted by atomic mass is 9.84. The molecule has 1 fully saturated rings. The molecule has 0 amide bonds. The fraction of sp³-hybridized carbons (Fsp3) is 0.500. The number of benzene rings is 1. The first-order valence-electron chi connectivity index (χ1n) is 7.53.